The molecule has 3 heterocycles. The molecule has 31 heavy (non-hydrogen) atoms. The van der Waals surface area contributed by atoms with Gasteiger partial charge in [0.25, 0.3) is 0 Å². The summed E-state index contributed by atoms with van der Waals surface area (Å²) in [5, 5.41) is 12.7. The Labute approximate surface area is 180 Å². The Hall–Kier alpha value is -2.67. The van der Waals surface area contributed by atoms with Crippen LogP contribution in [0.25, 0.3) is 10.2 Å². The molecule has 0 bridgehead atoms. The number of carboxylic acids is 1. The molecular formula is C18H23F3N6O3S. The predicted octanol–water partition coefficient (Wildman–Crippen LogP) is 1.68. The van der Waals surface area contributed by atoms with Crippen molar-refractivity contribution in [1.82, 2.24) is 14.9 Å². The van der Waals surface area contributed by atoms with Crippen molar-refractivity contribution in [1.29, 1.82) is 0 Å². The first kappa shape index (κ1) is 23.0. The number of amides is 1. The predicted molar refractivity (Wildman–Crippen MR) is 110 cm³/mol. The number of nitrogens with zero attached hydrogens (tertiary/aromatic N) is 4. The Balaban J connectivity index is 1.84. The molecule has 2 aromatic heterocycles. The third kappa shape index (κ3) is 5.53. The summed E-state index contributed by atoms with van der Waals surface area (Å²) < 4.78 is 37.5. The molecule has 1 amide bonds. The van der Waals surface area contributed by atoms with Crippen molar-refractivity contribution in [2.45, 2.75) is 32.0 Å². The van der Waals surface area contributed by atoms with Gasteiger partial charge in [0, 0.05) is 37.6 Å². The first-order valence-corrected chi connectivity index (χ1v) is 10.5. The molecule has 9 nitrogen and oxygen atoms in total. The van der Waals surface area contributed by atoms with Crippen molar-refractivity contribution in [3.8, 4) is 0 Å². The van der Waals surface area contributed by atoms with Crippen LogP contribution in [0, 0.1) is 0 Å². The highest BCUT2D eigenvalue weighted by atomic mass is 32.1. The van der Waals surface area contributed by atoms with Gasteiger partial charge in [-0.05, 0) is 12.5 Å². The molecule has 1 fully saturated rings. The van der Waals surface area contributed by atoms with Crippen LogP contribution in [0.4, 0.5) is 24.9 Å². The summed E-state index contributed by atoms with van der Waals surface area (Å²) >= 11 is 1.46. The van der Waals surface area contributed by atoms with E-state index in [1.54, 1.807) is 0 Å². The molecule has 0 unspecified atom stereocenters. The molecule has 170 valence electrons. The second-order valence-electron chi connectivity index (χ2n) is 7.09. The smallest absolute Gasteiger partial charge is 0.397 e. The summed E-state index contributed by atoms with van der Waals surface area (Å²) in [5.41, 5.74) is 5.50. The van der Waals surface area contributed by atoms with E-state index in [1.165, 1.54) is 16.2 Å². The van der Waals surface area contributed by atoms with E-state index in [2.05, 4.69) is 15.3 Å². The van der Waals surface area contributed by atoms with Gasteiger partial charge in [-0.2, -0.15) is 18.2 Å². The van der Waals surface area contributed by atoms with Crippen LogP contribution in [0.5, 0.6) is 0 Å². The topological polar surface area (TPSA) is 125 Å². The van der Waals surface area contributed by atoms with Crippen LogP contribution < -0.4 is 16.0 Å². The van der Waals surface area contributed by atoms with E-state index in [9.17, 15) is 27.9 Å². The highest BCUT2D eigenvalue weighted by Gasteiger charge is 2.35. The Morgan fingerprint density at radius 3 is 2.52 bits per heavy atom. The van der Waals surface area contributed by atoms with Crippen molar-refractivity contribution >= 4 is 45.2 Å². The Bertz CT molecular complexity index is 959. The number of carboxylic acid groups (broad SMARTS) is 1. The number of alkyl halides is 3. The number of hydrogen-bond acceptors (Lipinski definition) is 8. The van der Waals surface area contributed by atoms with Gasteiger partial charge in [-0.3, -0.25) is 4.79 Å². The SMILES string of the molecule is CCc1cc2c(N3CCN(C(=O)CC(F)(F)F)CC3)nc(N[C@@H](CN)C(=O)O)nc2s1. The highest BCUT2D eigenvalue weighted by molar-refractivity contribution is 7.18. The third-order valence-electron chi connectivity index (χ3n) is 4.89. The lowest BCUT2D eigenvalue weighted by atomic mass is 10.2. The second-order valence-corrected chi connectivity index (χ2v) is 8.20. The number of aromatic nitrogens is 2. The van der Waals surface area contributed by atoms with E-state index in [-0.39, 0.29) is 25.6 Å². The number of carbonyl (C=O) groups is 2. The van der Waals surface area contributed by atoms with E-state index in [0.29, 0.717) is 23.7 Å². The van der Waals surface area contributed by atoms with Gasteiger partial charge >= 0.3 is 12.1 Å². The molecule has 0 aromatic carbocycles. The van der Waals surface area contributed by atoms with E-state index in [0.717, 1.165) is 16.7 Å². The zero-order valence-electron chi connectivity index (χ0n) is 16.8. The number of thiophene rings is 1. The van der Waals surface area contributed by atoms with E-state index < -0.39 is 30.5 Å². The van der Waals surface area contributed by atoms with Crippen molar-refractivity contribution in [3.63, 3.8) is 0 Å². The van der Waals surface area contributed by atoms with E-state index in [4.69, 9.17) is 5.73 Å². The fourth-order valence-electron chi connectivity index (χ4n) is 3.26. The van der Waals surface area contributed by atoms with Gasteiger partial charge in [0.15, 0.2) is 0 Å². The molecule has 1 aliphatic heterocycles. The molecule has 13 heteroatoms. The van der Waals surface area contributed by atoms with Crippen LogP contribution in [0.1, 0.15) is 18.2 Å². The average Bonchev–Trinajstić information content (AvgIpc) is 3.13. The number of hydrogen-bond donors (Lipinski definition) is 3. The van der Waals surface area contributed by atoms with E-state index in [1.807, 2.05) is 17.9 Å². The summed E-state index contributed by atoms with van der Waals surface area (Å²) in [5.74, 6) is -1.42. The maximum Gasteiger partial charge on any atom is 0.397 e. The number of nitrogens with one attached hydrogen (secondary N) is 1. The minimum absolute atomic E-state index is 0.112. The zero-order chi connectivity index (χ0) is 22.8. The molecule has 1 atom stereocenters. The molecule has 1 saturated heterocycles. The Kier molecular flexibility index (Phi) is 6.84. The lowest BCUT2D eigenvalue weighted by molar-refractivity contribution is -0.161. The second kappa shape index (κ2) is 9.22. The number of fused-ring (bicyclic) bond motifs is 1. The van der Waals surface area contributed by atoms with Crippen molar-refractivity contribution in [2.24, 2.45) is 5.73 Å². The van der Waals surface area contributed by atoms with Crippen LogP contribution in [-0.2, 0) is 16.0 Å². The molecule has 0 spiro atoms. The summed E-state index contributed by atoms with van der Waals surface area (Å²) in [7, 11) is 0. The maximum absolute atomic E-state index is 12.5. The number of anilines is 2. The lowest BCUT2D eigenvalue weighted by Crippen LogP contribution is -2.49. The van der Waals surface area contributed by atoms with Crippen LogP contribution >= 0.6 is 11.3 Å². The number of halogens is 3. The molecule has 0 radical (unpaired) electrons. The monoisotopic (exact) mass is 460 g/mol. The highest BCUT2D eigenvalue weighted by Crippen LogP contribution is 2.33. The standard InChI is InChI=1S/C18H23F3N6O3S/c1-2-10-7-11-14(24-17(25-15(11)31-10)23-12(9-22)16(29)30)27-5-3-26(4-6-27)13(28)8-18(19,20)21/h7,12H,2-6,8-9,22H2,1H3,(H,29,30)(H,23,24,25)/t12-/m0/s1. The summed E-state index contributed by atoms with van der Waals surface area (Å²) in [6.07, 6.45) is -5.23. The fraction of sp³-hybridized carbons (Fsp3) is 0.556. The number of aliphatic carboxylic acids is 1. The number of carbonyl (C=O) groups excluding carboxylic acids is 1. The molecule has 2 aromatic rings. The third-order valence-corrected chi connectivity index (χ3v) is 6.07. The number of rotatable bonds is 7. The van der Waals surface area contributed by atoms with Gasteiger partial charge in [-0.15, -0.1) is 11.3 Å². The summed E-state index contributed by atoms with van der Waals surface area (Å²) in [6.45, 7) is 2.70. The van der Waals surface area contributed by atoms with Crippen molar-refractivity contribution in [2.75, 3.05) is 42.9 Å². The first-order valence-electron chi connectivity index (χ1n) is 9.70. The first-order chi connectivity index (χ1) is 14.6. The van der Waals surface area contributed by atoms with Crippen LogP contribution in [0.2, 0.25) is 0 Å². The maximum atomic E-state index is 12.5. The average molecular weight is 460 g/mol. The Morgan fingerprint density at radius 1 is 1.29 bits per heavy atom. The summed E-state index contributed by atoms with van der Waals surface area (Å²) in [6, 6.07) is 0.894. The van der Waals surface area contributed by atoms with Gasteiger partial charge in [0.1, 0.15) is 23.1 Å². The van der Waals surface area contributed by atoms with Gasteiger partial charge in [0.2, 0.25) is 11.9 Å². The minimum atomic E-state index is -4.54. The molecule has 4 N–H and O–H groups in total. The van der Waals surface area contributed by atoms with Crippen LogP contribution in [-0.4, -0.2) is 76.8 Å². The molecule has 0 aliphatic carbocycles. The fourth-order valence-corrected chi connectivity index (χ4v) is 4.23. The lowest BCUT2D eigenvalue weighted by Gasteiger charge is -2.36. The number of piperazine rings is 1. The summed E-state index contributed by atoms with van der Waals surface area (Å²) in [4.78, 5) is 36.9. The van der Waals surface area contributed by atoms with Gasteiger partial charge in [-0.25, -0.2) is 9.78 Å². The van der Waals surface area contributed by atoms with Gasteiger partial charge in [0.05, 0.1) is 5.39 Å². The number of nitrogens with two attached hydrogens (primary N) is 1. The normalized spacial score (nSPS) is 15.9. The van der Waals surface area contributed by atoms with Gasteiger partial charge < -0.3 is 26.0 Å². The zero-order valence-corrected chi connectivity index (χ0v) is 17.6. The van der Waals surface area contributed by atoms with Gasteiger partial charge in [-0.1, -0.05) is 6.92 Å². The molecule has 1 aliphatic rings. The van der Waals surface area contributed by atoms with Crippen LogP contribution in [0.3, 0.4) is 0 Å². The molecule has 3 rings (SSSR count). The number of aryl methyl sites for hydroxylation is 1. The van der Waals surface area contributed by atoms with Crippen molar-refractivity contribution in [3.05, 3.63) is 10.9 Å². The minimum Gasteiger partial charge on any atom is -0.480 e. The molecule has 0 saturated carbocycles. The molecular weight excluding hydrogens is 437 g/mol. The quantitative estimate of drug-likeness (QED) is 0.570. The van der Waals surface area contributed by atoms with E-state index >= 15 is 0 Å². The van der Waals surface area contributed by atoms with Crippen molar-refractivity contribution < 1.29 is 27.9 Å². The largest absolute Gasteiger partial charge is 0.480 e. The van der Waals surface area contributed by atoms with Crippen LogP contribution in [0.15, 0.2) is 6.07 Å². The Morgan fingerprint density at radius 2 is 1.97 bits per heavy atom.